The first-order valence-corrected chi connectivity index (χ1v) is 8.34. The van der Waals surface area contributed by atoms with Crippen molar-refractivity contribution in [1.29, 1.82) is 0 Å². The zero-order valence-electron chi connectivity index (χ0n) is 15.2. The van der Waals surface area contributed by atoms with Crippen molar-refractivity contribution < 1.29 is 14.3 Å². The zero-order valence-corrected chi connectivity index (χ0v) is 16.8. The van der Waals surface area contributed by atoms with Crippen molar-refractivity contribution in [3.8, 4) is 0 Å². The quantitative estimate of drug-likeness (QED) is 0.744. The Hall–Kier alpha value is -0.110. The minimum Gasteiger partial charge on any atom is -0.381 e. The Morgan fingerprint density at radius 2 is 1.96 bits per heavy atom. The molecular weight excluding hydrogens is 353 g/mol. The molecule has 2 rings (SSSR count). The standard InChI is InChI=1S/C16H31N3O3.2ClH/c1-12-14(17-7-10-22-12)15(20)18-11-16(2,3)19-8-5-13(21-4)6-9-19;;/h12-14,17H,5-11H2,1-4H3,(H,18,20);2*1H/t12-,14+;;/m1../s1. The number of carbonyl (C=O) groups excluding carboxylic acids is 1. The Balaban J connectivity index is 0.00000264. The van der Waals surface area contributed by atoms with E-state index < -0.39 is 0 Å². The molecule has 144 valence electrons. The Kier molecular flexibility index (Phi) is 10.7. The molecule has 0 radical (unpaired) electrons. The lowest BCUT2D eigenvalue weighted by Gasteiger charge is -2.43. The molecule has 1 amide bonds. The van der Waals surface area contributed by atoms with Crippen molar-refractivity contribution >= 4 is 30.7 Å². The van der Waals surface area contributed by atoms with Gasteiger partial charge < -0.3 is 20.1 Å². The highest BCUT2D eigenvalue weighted by Gasteiger charge is 2.33. The maximum atomic E-state index is 12.3. The van der Waals surface area contributed by atoms with Gasteiger partial charge in [0.25, 0.3) is 0 Å². The van der Waals surface area contributed by atoms with Gasteiger partial charge in [-0.3, -0.25) is 9.69 Å². The first-order chi connectivity index (χ1) is 10.4. The molecule has 0 aromatic rings. The summed E-state index contributed by atoms with van der Waals surface area (Å²) in [4.78, 5) is 14.8. The van der Waals surface area contributed by atoms with Gasteiger partial charge in [-0.2, -0.15) is 0 Å². The van der Waals surface area contributed by atoms with Crippen LogP contribution in [0.25, 0.3) is 0 Å². The van der Waals surface area contributed by atoms with Crippen molar-refractivity contribution in [2.24, 2.45) is 0 Å². The van der Waals surface area contributed by atoms with E-state index in [0.717, 1.165) is 32.5 Å². The summed E-state index contributed by atoms with van der Waals surface area (Å²) in [6, 6.07) is -0.247. The number of piperidine rings is 1. The number of hydrogen-bond donors (Lipinski definition) is 2. The second kappa shape index (κ2) is 10.8. The van der Waals surface area contributed by atoms with E-state index in [9.17, 15) is 4.79 Å². The lowest BCUT2D eigenvalue weighted by atomic mass is 9.97. The van der Waals surface area contributed by atoms with E-state index >= 15 is 0 Å². The van der Waals surface area contributed by atoms with Gasteiger partial charge >= 0.3 is 0 Å². The zero-order chi connectivity index (χ0) is 16.2. The van der Waals surface area contributed by atoms with Crippen molar-refractivity contribution in [2.75, 3.05) is 39.9 Å². The average Bonchev–Trinajstić information content (AvgIpc) is 2.53. The number of halogens is 2. The summed E-state index contributed by atoms with van der Waals surface area (Å²) in [5.41, 5.74) is -0.0485. The number of amides is 1. The minimum absolute atomic E-state index is 0. The van der Waals surface area contributed by atoms with E-state index in [1.54, 1.807) is 7.11 Å². The molecule has 2 atom stereocenters. The summed E-state index contributed by atoms with van der Waals surface area (Å²) in [6.45, 7) is 10.4. The van der Waals surface area contributed by atoms with Gasteiger partial charge in [0, 0.05) is 38.8 Å². The third-order valence-corrected chi connectivity index (χ3v) is 4.93. The van der Waals surface area contributed by atoms with Crippen LogP contribution in [0.2, 0.25) is 0 Å². The number of morpholine rings is 1. The van der Waals surface area contributed by atoms with Gasteiger partial charge in [-0.25, -0.2) is 0 Å². The number of rotatable bonds is 5. The average molecular weight is 386 g/mol. The Bertz CT molecular complexity index is 378. The van der Waals surface area contributed by atoms with Crippen LogP contribution in [0.5, 0.6) is 0 Å². The van der Waals surface area contributed by atoms with Crippen LogP contribution in [0.4, 0.5) is 0 Å². The van der Waals surface area contributed by atoms with Crippen LogP contribution in [0, 0.1) is 0 Å². The van der Waals surface area contributed by atoms with Crippen LogP contribution in [0.15, 0.2) is 0 Å². The molecule has 6 nitrogen and oxygen atoms in total. The number of hydrogen-bond acceptors (Lipinski definition) is 5. The molecule has 2 aliphatic rings. The van der Waals surface area contributed by atoms with Crippen molar-refractivity contribution in [1.82, 2.24) is 15.5 Å². The Labute approximate surface area is 158 Å². The molecule has 0 saturated carbocycles. The summed E-state index contributed by atoms with van der Waals surface area (Å²) >= 11 is 0. The molecule has 2 heterocycles. The number of nitrogens with zero attached hydrogens (tertiary/aromatic N) is 1. The van der Waals surface area contributed by atoms with E-state index in [-0.39, 0.29) is 48.4 Å². The van der Waals surface area contributed by atoms with E-state index in [1.165, 1.54) is 0 Å². The van der Waals surface area contributed by atoms with Crippen molar-refractivity contribution in [2.45, 2.75) is 57.4 Å². The Morgan fingerprint density at radius 1 is 1.33 bits per heavy atom. The summed E-state index contributed by atoms with van der Waals surface area (Å²) < 4.78 is 11.0. The van der Waals surface area contributed by atoms with E-state index in [4.69, 9.17) is 9.47 Å². The molecule has 2 aliphatic heterocycles. The number of likely N-dealkylation sites (tertiary alicyclic amines) is 1. The molecular formula is C16H33Cl2N3O3. The molecule has 8 heteroatoms. The van der Waals surface area contributed by atoms with Crippen molar-refractivity contribution in [3.05, 3.63) is 0 Å². The first-order valence-electron chi connectivity index (χ1n) is 8.34. The fourth-order valence-electron chi connectivity index (χ4n) is 3.25. The molecule has 0 aromatic carbocycles. The molecule has 0 unspecified atom stereocenters. The molecule has 2 saturated heterocycles. The normalized spacial score (nSPS) is 26.2. The predicted molar refractivity (Wildman–Crippen MR) is 100 cm³/mol. The lowest BCUT2D eigenvalue weighted by molar-refractivity contribution is -0.129. The number of methoxy groups -OCH3 is 1. The minimum atomic E-state index is -0.247. The smallest absolute Gasteiger partial charge is 0.239 e. The first kappa shape index (κ1) is 23.9. The van der Waals surface area contributed by atoms with Gasteiger partial charge in [0.1, 0.15) is 6.04 Å². The van der Waals surface area contributed by atoms with E-state index in [2.05, 4.69) is 29.4 Å². The van der Waals surface area contributed by atoms with Gasteiger partial charge in [-0.05, 0) is 33.6 Å². The maximum absolute atomic E-state index is 12.3. The summed E-state index contributed by atoms with van der Waals surface area (Å²) in [7, 11) is 1.78. The second-order valence-corrected chi connectivity index (χ2v) is 6.96. The van der Waals surface area contributed by atoms with Gasteiger partial charge in [0.05, 0.1) is 18.8 Å². The summed E-state index contributed by atoms with van der Waals surface area (Å²) in [5, 5.41) is 6.32. The Morgan fingerprint density at radius 3 is 2.50 bits per heavy atom. The SMILES string of the molecule is COC1CCN(C(C)(C)CNC(=O)[C@H]2NCCO[C@@H]2C)CC1.Cl.Cl. The predicted octanol–water partition coefficient (Wildman–Crippen LogP) is 1.21. The molecule has 24 heavy (non-hydrogen) atoms. The van der Waals surface area contributed by atoms with E-state index in [0.29, 0.717) is 19.3 Å². The number of nitrogens with one attached hydrogen (secondary N) is 2. The monoisotopic (exact) mass is 385 g/mol. The van der Waals surface area contributed by atoms with Gasteiger partial charge in [0.2, 0.25) is 5.91 Å². The maximum Gasteiger partial charge on any atom is 0.239 e. The summed E-state index contributed by atoms with van der Waals surface area (Å²) in [6.07, 6.45) is 2.42. The third-order valence-electron chi connectivity index (χ3n) is 4.93. The number of ether oxygens (including phenoxy) is 2. The lowest BCUT2D eigenvalue weighted by Crippen LogP contribution is -2.59. The van der Waals surface area contributed by atoms with Crippen molar-refractivity contribution in [3.63, 3.8) is 0 Å². The second-order valence-electron chi connectivity index (χ2n) is 6.96. The van der Waals surface area contributed by atoms with Crippen LogP contribution in [0.3, 0.4) is 0 Å². The topological polar surface area (TPSA) is 62.8 Å². The van der Waals surface area contributed by atoms with Crippen LogP contribution >= 0.6 is 24.8 Å². The summed E-state index contributed by atoms with van der Waals surface area (Å²) in [5.74, 6) is 0.0343. The highest BCUT2D eigenvalue weighted by atomic mass is 35.5. The number of carbonyl (C=O) groups is 1. The molecule has 2 N–H and O–H groups in total. The van der Waals surface area contributed by atoms with E-state index in [1.807, 2.05) is 6.92 Å². The highest BCUT2D eigenvalue weighted by molar-refractivity contribution is 5.85. The molecule has 0 aliphatic carbocycles. The molecule has 0 spiro atoms. The fourth-order valence-corrected chi connectivity index (χ4v) is 3.25. The third kappa shape index (κ3) is 6.32. The van der Waals surface area contributed by atoms with Crippen LogP contribution in [-0.4, -0.2) is 74.5 Å². The van der Waals surface area contributed by atoms with Crippen LogP contribution < -0.4 is 10.6 Å². The highest BCUT2D eigenvalue weighted by Crippen LogP contribution is 2.21. The molecule has 2 fully saturated rings. The van der Waals surface area contributed by atoms with Crippen LogP contribution in [-0.2, 0) is 14.3 Å². The molecule has 0 aromatic heterocycles. The van der Waals surface area contributed by atoms with Gasteiger partial charge in [0.15, 0.2) is 0 Å². The largest absolute Gasteiger partial charge is 0.381 e. The fraction of sp³-hybridized carbons (Fsp3) is 0.938. The van der Waals surface area contributed by atoms with Gasteiger partial charge in [-0.15, -0.1) is 24.8 Å². The van der Waals surface area contributed by atoms with Gasteiger partial charge in [-0.1, -0.05) is 0 Å². The van der Waals surface area contributed by atoms with Crippen LogP contribution in [0.1, 0.15) is 33.6 Å². The molecule has 0 bridgehead atoms.